The van der Waals surface area contributed by atoms with E-state index < -0.39 is 0 Å². The van der Waals surface area contributed by atoms with Crippen LogP contribution in [-0.4, -0.2) is 32.6 Å². The molecule has 2 aromatic carbocycles. The summed E-state index contributed by atoms with van der Waals surface area (Å²) in [4.78, 5) is 32.1. The third-order valence-corrected chi connectivity index (χ3v) is 5.55. The van der Waals surface area contributed by atoms with E-state index in [2.05, 4.69) is 10.1 Å². The highest BCUT2D eigenvalue weighted by molar-refractivity contribution is 5.94. The van der Waals surface area contributed by atoms with Gasteiger partial charge in [0.2, 0.25) is 0 Å². The predicted octanol–water partition coefficient (Wildman–Crippen LogP) is 4.31. The molecular formula is C25H24N4O2. The summed E-state index contributed by atoms with van der Waals surface area (Å²) in [5, 5.41) is 5.93. The van der Waals surface area contributed by atoms with Gasteiger partial charge in [-0.15, -0.1) is 0 Å². The Morgan fingerprint density at radius 3 is 2.32 bits per heavy atom. The Morgan fingerprint density at radius 2 is 1.68 bits per heavy atom. The number of hydrogen-bond donors (Lipinski definition) is 0. The van der Waals surface area contributed by atoms with Crippen LogP contribution in [0.1, 0.15) is 41.1 Å². The summed E-state index contributed by atoms with van der Waals surface area (Å²) in [7, 11) is 1.79. The second-order valence-electron chi connectivity index (χ2n) is 7.49. The van der Waals surface area contributed by atoms with E-state index in [-0.39, 0.29) is 17.5 Å². The first kappa shape index (κ1) is 20.5. The number of amides is 1. The Balaban J connectivity index is 1.64. The van der Waals surface area contributed by atoms with Crippen molar-refractivity contribution >= 4 is 16.7 Å². The van der Waals surface area contributed by atoms with Gasteiger partial charge >= 0.3 is 0 Å². The number of rotatable bonds is 5. The van der Waals surface area contributed by atoms with Gasteiger partial charge in [-0.3, -0.25) is 14.6 Å². The molecule has 4 aromatic rings. The van der Waals surface area contributed by atoms with Gasteiger partial charge in [-0.1, -0.05) is 31.2 Å². The fraction of sp³-hybridized carbons (Fsp3) is 0.200. The highest BCUT2D eigenvalue weighted by Crippen LogP contribution is 2.23. The van der Waals surface area contributed by atoms with Crippen LogP contribution in [0.3, 0.4) is 0 Å². The van der Waals surface area contributed by atoms with Crippen molar-refractivity contribution in [1.29, 1.82) is 0 Å². The SMILES string of the molecule is CCC(c1ccccn1)N(C)C(=O)c1ccc(-n2nc(C)c3ccccc3c2=O)cc1. The molecule has 1 unspecified atom stereocenters. The number of aryl methyl sites for hydroxylation is 1. The normalized spacial score (nSPS) is 12.0. The number of pyridine rings is 1. The molecular weight excluding hydrogens is 388 g/mol. The van der Waals surface area contributed by atoms with Gasteiger partial charge in [0.1, 0.15) is 0 Å². The largest absolute Gasteiger partial charge is 0.333 e. The highest BCUT2D eigenvalue weighted by Gasteiger charge is 2.22. The summed E-state index contributed by atoms with van der Waals surface area (Å²) < 4.78 is 1.39. The molecule has 0 aliphatic carbocycles. The Kier molecular flexibility index (Phi) is 5.62. The van der Waals surface area contributed by atoms with Gasteiger partial charge in [0.05, 0.1) is 28.5 Å². The standard InChI is InChI=1S/C25H24N4O2/c1-4-23(22-11-7-8-16-26-22)28(3)24(30)18-12-14-19(15-13-18)29-25(31)21-10-6-5-9-20(21)17(2)27-29/h5-16,23H,4H2,1-3H3. The molecule has 0 bridgehead atoms. The van der Waals surface area contributed by atoms with Gasteiger partial charge in [-0.25, -0.2) is 0 Å². The second kappa shape index (κ2) is 8.52. The summed E-state index contributed by atoms with van der Waals surface area (Å²) in [6.45, 7) is 3.92. The predicted molar refractivity (Wildman–Crippen MR) is 121 cm³/mol. The maximum absolute atomic E-state index is 13.1. The van der Waals surface area contributed by atoms with E-state index in [0.717, 1.165) is 23.2 Å². The number of nitrogens with zero attached hydrogens (tertiary/aromatic N) is 4. The topological polar surface area (TPSA) is 68.1 Å². The van der Waals surface area contributed by atoms with Crippen LogP contribution in [0.5, 0.6) is 0 Å². The van der Waals surface area contributed by atoms with E-state index in [9.17, 15) is 9.59 Å². The highest BCUT2D eigenvalue weighted by atomic mass is 16.2. The summed E-state index contributed by atoms with van der Waals surface area (Å²) in [6, 6.07) is 20.0. The molecule has 31 heavy (non-hydrogen) atoms. The molecule has 6 nitrogen and oxygen atoms in total. The molecule has 0 saturated carbocycles. The minimum atomic E-state index is -0.182. The zero-order valence-corrected chi connectivity index (χ0v) is 17.8. The summed E-state index contributed by atoms with van der Waals surface area (Å²) in [5.74, 6) is -0.0981. The second-order valence-corrected chi connectivity index (χ2v) is 7.49. The molecule has 2 heterocycles. The lowest BCUT2D eigenvalue weighted by molar-refractivity contribution is 0.0723. The fourth-order valence-electron chi connectivity index (χ4n) is 3.87. The van der Waals surface area contributed by atoms with Crippen LogP contribution in [0.15, 0.2) is 77.7 Å². The maximum Gasteiger partial charge on any atom is 0.279 e. The molecule has 1 amide bonds. The molecule has 0 fully saturated rings. The molecule has 0 saturated heterocycles. The van der Waals surface area contributed by atoms with Crippen molar-refractivity contribution in [3.8, 4) is 5.69 Å². The first-order valence-corrected chi connectivity index (χ1v) is 10.3. The van der Waals surface area contributed by atoms with Gasteiger partial charge in [-0.05, 0) is 55.8 Å². The van der Waals surface area contributed by atoms with Crippen LogP contribution in [0.4, 0.5) is 0 Å². The third kappa shape index (κ3) is 3.84. The zero-order chi connectivity index (χ0) is 22.0. The molecule has 0 N–H and O–H groups in total. The quantitative estimate of drug-likeness (QED) is 0.490. The van der Waals surface area contributed by atoms with E-state index in [1.54, 1.807) is 48.5 Å². The lowest BCUT2D eigenvalue weighted by Crippen LogP contribution is -2.31. The third-order valence-electron chi connectivity index (χ3n) is 5.55. The van der Waals surface area contributed by atoms with Crippen LogP contribution in [0, 0.1) is 6.92 Å². The molecule has 0 spiro atoms. The summed E-state index contributed by atoms with van der Waals surface area (Å²) in [6.07, 6.45) is 2.49. The molecule has 1 atom stereocenters. The Labute approximate surface area is 180 Å². The Morgan fingerprint density at radius 1 is 1.00 bits per heavy atom. The van der Waals surface area contributed by atoms with E-state index in [4.69, 9.17) is 0 Å². The first-order chi connectivity index (χ1) is 15.0. The van der Waals surface area contributed by atoms with E-state index in [1.807, 2.05) is 50.2 Å². The minimum absolute atomic E-state index is 0.0981. The van der Waals surface area contributed by atoms with E-state index in [1.165, 1.54) is 4.68 Å². The van der Waals surface area contributed by atoms with Crippen LogP contribution in [0.25, 0.3) is 16.5 Å². The van der Waals surface area contributed by atoms with Crippen molar-refractivity contribution in [2.45, 2.75) is 26.3 Å². The average Bonchev–Trinajstić information content (AvgIpc) is 2.82. The van der Waals surface area contributed by atoms with Gasteiger partial charge in [-0.2, -0.15) is 9.78 Å². The fourth-order valence-corrected chi connectivity index (χ4v) is 3.87. The molecule has 0 aliphatic rings. The zero-order valence-electron chi connectivity index (χ0n) is 17.8. The van der Waals surface area contributed by atoms with Crippen LogP contribution in [0.2, 0.25) is 0 Å². The van der Waals surface area contributed by atoms with Crippen molar-refractivity contribution in [3.05, 3.63) is 100 Å². The van der Waals surface area contributed by atoms with Gasteiger partial charge in [0, 0.05) is 24.2 Å². The number of carbonyl (C=O) groups is 1. The Hall–Kier alpha value is -3.80. The molecule has 0 radical (unpaired) electrons. The maximum atomic E-state index is 13.1. The molecule has 4 rings (SSSR count). The average molecular weight is 412 g/mol. The van der Waals surface area contributed by atoms with Crippen LogP contribution >= 0.6 is 0 Å². The van der Waals surface area contributed by atoms with E-state index >= 15 is 0 Å². The van der Waals surface area contributed by atoms with Gasteiger partial charge in [0.15, 0.2) is 0 Å². The van der Waals surface area contributed by atoms with Crippen molar-refractivity contribution in [1.82, 2.24) is 19.7 Å². The lowest BCUT2D eigenvalue weighted by Gasteiger charge is -2.27. The van der Waals surface area contributed by atoms with Crippen molar-refractivity contribution in [2.75, 3.05) is 7.05 Å². The molecule has 156 valence electrons. The summed E-state index contributed by atoms with van der Waals surface area (Å²) >= 11 is 0. The van der Waals surface area contributed by atoms with Crippen LogP contribution < -0.4 is 5.56 Å². The Bertz CT molecular complexity index is 1280. The van der Waals surface area contributed by atoms with Crippen molar-refractivity contribution in [3.63, 3.8) is 0 Å². The number of carbonyl (C=O) groups excluding carboxylic acids is 1. The molecule has 6 heteroatoms. The smallest absolute Gasteiger partial charge is 0.279 e. The first-order valence-electron chi connectivity index (χ1n) is 10.3. The van der Waals surface area contributed by atoms with Gasteiger partial charge in [0.25, 0.3) is 11.5 Å². The molecule has 2 aromatic heterocycles. The summed E-state index contributed by atoms with van der Waals surface area (Å²) in [5.41, 5.74) is 2.62. The van der Waals surface area contributed by atoms with E-state index in [0.29, 0.717) is 16.6 Å². The number of aromatic nitrogens is 3. The molecule has 0 aliphatic heterocycles. The van der Waals surface area contributed by atoms with Crippen molar-refractivity contribution < 1.29 is 4.79 Å². The minimum Gasteiger partial charge on any atom is -0.333 e. The van der Waals surface area contributed by atoms with Gasteiger partial charge < -0.3 is 4.90 Å². The number of fused-ring (bicyclic) bond motifs is 1. The lowest BCUT2D eigenvalue weighted by atomic mass is 10.1. The monoisotopic (exact) mass is 412 g/mol. The number of hydrogen-bond acceptors (Lipinski definition) is 4. The van der Waals surface area contributed by atoms with Crippen LogP contribution in [-0.2, 0) is 0 Å². The number of benzene rings is 2. The van der Waals surface area contributed by atoms with Crippen molar-refractivity contribution in [2.24, 2.45) is 0 Å².